The van der Waals surface area contributed by atoms with E-state index in [1.54, 1.807) is 38.5 Å². The highest BCUT2D eigenvalue weighted by Crippen LogP contribution is 2.29. The second kappa shape index (κ2) is 8.78. The van der Waals surface area contributed by atoms with E-state index < -0.39 is 0 Å². The summed E-state index contributed by atoms with van der Waals surface area (Å²) in [6, 6.07) is 12.8. The van der Waals surface area contributed by atoms with Crippen LogP contribution >= 0.6 is 0 Å². The number of nitrogens with one attached hydrogen (secondary N) is 1. The van der Waals surface area contributed by atoms with E-state index in [9.17, 15) is 4.79 Å². The zero-order valence-corrected chi connectivity index (χ0v) is 14.9. The van der Waals surface area contributed by atoms with E-state index in [1.807, 2.05) is 38.1 Å². The van der Waals surface area contributed by atoms with Crippen LogP contribution < -0.4 is 19.5 Å². The predicted octanol–water partition coefficient (Wildman–Crippen LogP) is 4.14. The van der Waals surface area contributed by atoms with Crippen LogP contribution in [0.4, 0.5) is 5.69 Å². The Morgan fingerprint density at radius 1 is 1.04 bits per heavy atom. The minimum absolute atomic E-state index is 0.102. The van der Waals surface area contributed by atoms with Gasteiger partial charge in [0.15, 0.2) is 0 Å². The molecule has 2 rings (SSSR count). The van der Waals surface area contributed by atoms with Crippen molar-refractivity contribution in [2.24, 2.45) is 0 Å². The Hall–Kier alpha value is -2.95. The van der Waals surface area contributed by atoms with E-state index in [4.69, 9.17) is 14.2 Å². The summed E-state index contributed by atoms with van der Waals surface area (Å²) in [7, 11) is 3.12. The molecule has 2 aromatic carbocycles. The molecule has 0 spiro atoms. The van der Waals surface area contributed by atoms with Crippen LogP contribution in [0.3, 0.4) is 0 Å². The van der Waals surface area contributed by atoms with Crippen LogP contribution in [0.15, 0.2) is 48.5 Å². The summed E-state index contributed by atoms with van der Waals surface area (Å²) in [5, 5.41) is 2.79. The van der Waals surface area contributed by atoms with Crippen LogP contribution in [0.25, 0.3) is 6.08 Å². The molecule has 5 heteroatoms. The summed E-state index contributed by atoms with van der Waals surface area (Å²) in [4.78, 5) is 12.2. The zero-order valence-electron chi connectivity index (χ0n) is 14.9. The van der Waals surface area contributed by atoms with E-state index in [1.165, 1.54) is 6.08 Å². The van der Waals surface area contributed by atoms with Crippen LogP contribution in [0.2, 0.25) is 0 Å². The summed E-state index contributed by atoms with van der Waals surface area (Å²) < 4.78 is 16.1. The number of amides is 1. The highest BCUT2D eigenvalue weighted by atomic mass is 16.5. The molecule has 25 heavy (non-hydrogen) atoms. The summed E-state index contributed by atoms with van der Waals surface area (Å²) in [6.07, 6.45) is 3.31. The van der Waals surface area contributed by atoms with Gasteiger partial charge < -0.3 is 19.5 Å². The Balaban J connectivity index is 2.06. The van der Waals surface area contributed by atoms with E-state index in [-0.39, 0.29) is 12.0 Å². The first kappa shape index (κ1) is 18.4. The normalized spacial score (nSPS) is 10.8. The highest BCUT2D eigenvalue weighted by Gasteiger charge is 2.07. The van der Waals surface area contributed by atoms with Gasteiger partial charge in [-0.05, 0) is 49.8 Å². The molecule has 0 aromatic heterocycles. The van der Waals surface area contributed by atoms with Gasteiger partial charge in [-0.15, -0.1) is 0 Å². The Morgan fingerprint density at radius 2 is 1.84 bits per heavy atom. The molecule has 0 fully saturated rings. The van der Waals surface area contributed by atoms with Crippen molar-refractivity contribution in [1.82, 2.24) is 0 Å². The maximum absolute atomic E-state index is 12.2. The molecule has 1 N–H and O–H groups in total. The molecule has 0 saturated heterocycles. The lowest BCUT2D eigenvalue weighted by Crippen LogP contribution is -2.09. The van der Waals surface area contributed by atoms with Gasteiger partial charge in [0, 0.05) is 12.1 Å². The molecule has 5 nitrogen and oxygen atoms in total. The molecule has 132 valence electrons. The smallest absolute Gasteiger partial charge is 0.248 e. The molecule has 0 radical (unpaired) electrons. The third kappa shape index (κ3) is 5.57. The number of anilines is 1. The topological polar surface area (TPSA) is 56.8 Å². The van der Waals surface area contributed by atoms with E-state index in [2.05, 4.69) is 5.32 Å². The summed E-state index contributed by atoms with van der Waals surface area (Å²) in [6.45, 7) is 3.94. The molecule has 0 aliphatic rings. The Bertz CT molecular complexity index is 753. The molecule has 0 aliphatic carbocycles. The van der Waals surface area contributed by atoms with Crippen LogP contribution in [0.1, 0.15) is 19.4 Å². The average molecular weight is 341 g/mol. The number of hydrogen-bond donors (Lipinski definition) is 1. The molecular weight excluding hydrogens is 318 g/mol. The van der Waals surface area contributed by atoms with Crippen LogP contribution in [-0.4, -0.2) is 26.2 Å². The van der Waals surface area contributed by atoms with Crippen molar-refractivity contribution in [3.8, 4) is 17.2 Å². The largest absolute Gasteiger partial charge is 0.497 e. The van der Waals surface area contributed by atoms with Crippen molar-refractivity contribution in [2.75, 3.05) is 19.5 Å². The van der Waals surface area contributed by atoms with Crippen molar-refractivity contribution in [3.63, 3.8) is 0 Å². The van der Waals surface area contributed by atoms with Crippen LogP contribution in [-0.2, 0) is 4.79 Å². The van der Waals surface area contributed by atoms with Gasteiger partial charge in [0.25, 0.3) is 0 Å². The average Bonchev–Trinajstić information content (AvgIpc) is 2.60. The maximum Gasteiger partial charge on any atom is 0.248 e. The molecule has 0 heterocycles. The molecule has 2 aromatic rings. The molecule has 1 amide bonds. The van der Waals surface area contributed by atoms with Gasteiger partial charge in [-0.2, -0.15) is 0 Å². The van der Waals surface area contributed by atoms with Crippen LogP contribution in [0.5, 0.6) is 17.2 Å². The van der Waals surface area contributed by atoms with Crippen molar-refractivity contribution < 1.29 is 19.0 Å². The second-order valence-corrected chi connectivity index (χ2v) is 5.63. The van der Waals surface area contributed by atoms with Gasteiger partial charge in [0.2, 0.25) is 5.91 Å². The first-order valence-corrected chi connectivity index (χ1v) is 7.99. The minimum atomic E-state index is -0.251. The van der Waals surface area contributed by atoms with Crippen molar-refractivity contribution in [2.45, 2.75) is 20.0 Å². The molecule has 0 saturated carbocycles. The number of hydrogen-bond acceptors (Lipinski definition) is 4. The Labute approximate surface area is 148 Å². The third-order valence-corrected chi connectivity index (χ3v) is 3.32. The second-order valence-electron chi connectivity index (χ2n) is 5.63. The fourth-order valence-corrected chi connectivity index (χ4v) is 2.21. The highest BCUT2D eigenvalue weighted by molar-refractivity contribution is 6.02. The zero-order chi connectivity index (χ0) is 18.2. The number of benzene rings is 2. The molecule has 0 atom stereocenters. The van der Waals surface area contributed by atoms with Gasteiger partial charge in [-0.25, -0.2) is 0 Å². The van der Waals surface area contributed by atoms with Crippen molar-refractivity contribution >= 4 is 17.7 Å². The van der Waals surface area contributed by atoms with Gasteiger partial charge in [0.1, 0.15) is 17.2 Å². The minimum Gasteiger partial charge on any atom is -0.497 e. The summed E-state index contributed by atoms with van der Waals surface area (Å²) >= 11 is 0. The predicted molar refractivity (Wildman–Crippen MR) is 99.4 cm³/mol. The number of carbonyl (C=O) groups is 1. The molecule has 0 unspecified atom stereocenters. The van der Waals surface area contributed by atoms with Gasteiger partial charge in [-0.3, -0.25) is 4.79 Å². The molecule has 0 aliphatic heterocycles. The summed E-state index contributed by atoms with van der Waals surface area (Å²) in [5.74, 6) is 1.72. The SMILES string of the molecule is COc1ccc(NC(=O)/C=C/c2cccc(OC(C)C)c2)c(OC)c1. The van der Waals surface area contributed by atoms with E-state index in [0.717, 1.165) is 11.3 Å². The number of rotatable bonds is 7. The van der Waals surface area contributed by atoms with E-state index in [0.29, 0.717) is 17.2 Å². The lowest BCUT2D eigenvalue weighted by molar-refractivity contribution is -0.111. The lowest BCUT2D eigenvalue weighted by atomic mass is 10.2. The standard InChI is InChI=1S/C20H23NO4/c1-14(2)25-17-7-5-6-15(12-17)8-11-20(22)21-18-10-9-16(23-3)13-19(18)24-4/h5-14H,1-4H3,(H,21,22)/b11-8+. The van der Waals surface area contributed by atoms with Gasteiger partial charge >= 0.3 is 0 Å². The quantitative estimate of drug-likeness (QED) is 0.769. The maximum atomic E-state index is 12.2. The fraction of sp³-hybridized carbons (Fsp3) is 0.250. The third-order valence-electron chi connectivity index (χ3n) is 3.32. The number of methoxy groups -OCH3 is 2. The molecular formula is C20H23NO4. The van der Waals surface area contributed by atoms with E-state index >= 15 is 0 Å². The first-order chi connectivity index (χ1) is 12.0. The van der Waals surface area contributed by atoms with Crippen molar-refractivity contribution in [3.05, 3.63) is 54.1 Å². The molecule has 0 bridgehead atoms. The lowest BCUT2D eigenvalue weighted by Gasteiger charge is -2.10. The monoisotopic (exact) mass is 341 g/mol. The summed E-state index contributed by atoms with van der Waals surface area (Å²) in [5.41, 5.74) is 1.46. The van der Waals surface area contributed by atoms with Gasteiger partial charge in [0.05, 0.1) is 26.0 Å². The van der Waals surface area contributed by atoms with Gasteiger partial charge in [-0.1, -0.05) is 12.1 Å². The fourth-order valence-electron chi connectivity index (χ4n) is 2.21. The van der Waals surface area contributed by atoms with Crippen molar-refractivity contribution in [1.29, 1.82) is 0 Å². The first-order valence-electron chi connectivity index (χ1n) is 7.99. The number of carbonyl (C=O) groups excluding carboxylic acids is 1. The van der Waals surface area contributed by atoms with Crippen LogP contribution in [0, 0.1) is 0 Å². The Morgan fingerprint density at radius 3 is 2.52 bits per heavy atom. The number of ether oxygens (including phenoxy) is 3. The Kier molecular flexibility index (Phi) is 6.46.